The molecule has 0 fully saturated rings. The summed E-state index contributed by atoms with van der Waals surface area (Å²) in [5, 5.41) is 4.93. The van der Waals surface area contributed by atoms with Gasteiger partial charge in [0.25, 0.3) is 11.8 Å². The molecule has 2 amide bonds. The van der Waals surface area contributed by atoms with Crippen molar-refractivity contribution < 1.29 is 23.1 Å². The zero-order valence-corrected chi connectivity index (χ0v) is 12.4. The van der Waals surface area contributed by atoms with E-state index in [4.69, 9.17) is 4.74 Å². The monoisotopic (exact) mass is 320 g/mol. The van der Waals surface area contributed by atoms with Crippen LogP contribution >= 0.6 is 0 Å². The van der Waals surface area contributed by atoms with Crippen molar-refractivity contribution in [1.29, 1.82) is 0 Å². The van der Waals surface area contributed by atoms with Crippen LogP contribution in [0.3, 0.4) is 0 Å². The number of hydrogen-bond donors (Lipinski definition) is 2. The number of benzene rings is 2. The van der Waals surface area contributed by atoms with Gasteiger partial charge in [-0.2, -0.15) is 0 Å². The summed E-state index contributed by atoms with van der Waals surface area (Å²) >= 11 is 0. The average Bonchev–Trinajstić information content (AvgIpc) is 2.54. The zero-order chi connectivity index (χ0) is 17.0. The molecule has 2 aromatic carbocycles. The van der Waals surface area contributed by atoms with Gasteiger partial charge in [-0.15, -0.1) is 0 Å². The fourth-order valence-electron chi connectivity index (χ4n) is 1.94. The molecule has 0 radical (unpaired) electrons. The van der Waals surface area contributed by atoms with Gasteiger partial charge in [0, 0.05) is 18.7 Å². The molecule has 0 aliphatic heterocycles. The molecule has 0 heterocycles. The Labute approximate surface area is 131 Å². The number of methoxy groups -OCH3 is 1. The van der Waals surface area contributed by atoms with E-state index in [9.17, 15) is 18.4 Å². The van der Waals surface area contributed by atoms with Crippen LogP contribution in [-0.2, 0) is 0 Å². The third-order valence-electron chi connectivity index (χ3n) is 3.11. The van der Waals surface area contributed by atoms with E-state index in [0.717, 1.165) is 12.1 Å². The van der Waals surface area contributed by atoms with Crippen LogP contribution in [0.15, 0.2) is 36.4 Å². The molecule has 0 aliphatic rings. The predicted octanol–water partition coefficient (Wildman–Crippen LogP) is 2.59. The second kappa shape index (κ2) is 6.87. The van der Waals surface area contributed by atoms with Crippen LogP contribution in [0, 0.1) is 11.6 Å². The van der Waals surface area contributed by atoms with E-state index in [1.807, 2.05) is 0 Å². The molecule has 0 bridgehead atoms. The largest absolute Gasteiger partial charge is 0.495 e. The van der Waals surface area contributed by atoms with Gasteiger partial charge in [-0.05, 0) is 30.3 Å². The zero-order valence-electron chi connectivity index (χ0n) is 12.4. The molecule has 2 N–H and O–H groups in total. The van der Waals surface area contributed by atoms with Crippen molar-refractivity contribution in [1.82, 2.24) is 5.32 Å². The average molecular weight is 320 g/mol. The van der Waals surface area contributed by atoms with Gasteiger partial charge in [-0.1, -0.05) is 0 Å². The summed E-state index contributed by atoms with van der Waals surface area (Å²) in [6, 6.07) is 7.05. The molecule has 0 atom stereocenters. The van der Waals surface area contributed by atoms with E-state index in [-0.39, 0.29) is 22.9 Å². The van der Waals surface area contributed by atoms with Gasteiger partial charge >= 0.3 is 0 Å². The highest BCUT2D eigenvalue weighted by Gasteiger charge is 2.16. The molecule has 0 spiro atoms. The van der Waals surface area contributed by atoms with Crippen LogP contribution in [0.2, 0.25) is 0 Å². The van der Waals surface area contributed by atoms with Gasteiger partial charge in [-0.25, -0.2) is 8.78 Å². The number of carbonyl (C=O) groups is 2. The van der Waals surface area contributed by atoms with E-state index in [1.165, 1.54) is 32.4 Å². The van der Waals surface area contributed by atoms with Gasteiger partial charge < -0.3 is 15.4 Å². The fraction of sp³-hybridized carbons (Fsp3) is 0.125. The van der Waals surface area contributed by atoms with Crippen molar-refractivity contribution in [3.8, 4) is 5.75 Å². The number of carbonyl (C=O) groups excluding carboxylic acids is 2. The molecule has 23 heavy (non-hydrogen) atoms. The smallest absolute Gasteiger partial charge is 0.258 e. The molecule has 0 aliphatic carbocycles. The maximum Gasteiger partial charge on any atom is 0.258 e. The van der Waals surface area contributed by atoms with Gasteiger partial charge in [0.1, 0.15) is 17.4 Å². The van der Waals surface area contributed by atoms with Crippen LogP contribution in [-0.4, -0.2) is 26.0 Å². The highest BCUT2D eigenvalue weighted by molar-refractivity contribution is 6.05. The van der Waals surface area contributed by atoms with Crippen molar-refractivity contribution in [2.75, 3.05) is 19.5 Å². The van der Waals surface area contributed by atoms with Gasteiger partial charge in [-0.3, -0.25) is 9.59 Å². The lowest BCUT2D eigenvalue weighted by Crippen LogP contribution is -2.18. The minimum Gasteiger partial charge on any atom is -0.495 e. The highest BCUT2D eigenvalue weighted by atomic mass is 19.1. The fourth-order valence-corrected chi connectivity index (χ4v) is 1.94. The first-order valence-electron chi connectivity index (χ1n) is 6.62. The number of hydrogen-bond acceptors (Lipinski definition) is 3. The van der Waals surface area contributed by atoms with E-state index in [1.54, 1.807) is 0 Å². The Morgan fingerprint density at radius 1 is 1.04 bits per heavy atom. The minimum absolute atomic E-state index is 0.238. The summed E-state index contributed by atoms with van der Waals surface area (Å²) < 4.78 is 31.6. The lowest BCUT2D eigenvalue weighted by Gasteiger charge is -2.12. The normalized spacial score (nSPS) is 10.1. The van der Waals surface area contributed by atoms with E-state index in [2.05, 4.69) is 10.6 Å². The van der Waals surface area contributed by atoms with Crippen LogP contribution < -0.4 is 15.4 Å². The maximum absolute atomic E-state index is 13.6. The van der Waals surface area contributed by atoms with E-state index in [0.29, 0.717) is 11.6 Å². The summed E-state index contributed by atoms with van der Waals surface area (Å²) in [4.78, 5) is 23.7. The Bertz CT molecular complexity index is 763. The molecular formula is C16H14F2N2O3. The van der Waals surface area contributed by atoms with Crippen LogP contribution in [0.5, 0.6) is 5.75 Å². The molecule has 0 aromatic heterocycles. The number of ether oxygens (including phenoxy) is 1. The summed E-state index contributed by atoms with van der Waals surface area (Å²) in [5.74, 6) is -2.57. The third-order valence-corrected chi connectivity index (χ3v) is 3.11. The summed E-state index contributed by atoms with van der Waals surface area (Å²) in [7, 11) is 2.86. The molecule has 2 rings (SSSR count). The SMILES string of the molecule is CNC(=O)c1ccc(NC(=O)c2ccc(F)cc2F)c(OC)c1. The van der Waals surface area contributed by atoms with Gasteiger partial charge in [0.2, 0.25) is 0 Å². The van der Waals surface area contributed by atoms with Crippen LogP contribution in [0.1, 0.15) is 20.7 Å². The first-order valence-corrected chi connectivity index (χ1v) is 6.62. The number of rotatable bonds is 4. The number of halogens is 2. The molecule has 0 unspecified atom stereocenters. The lowest BCUT2D eigenvalue weighted by molar-refractivity contribution is 0.0962. The van der Waals surface area contributed by atoms with Gasteiger partial charge in [0.05, 0.1) is 18.4 Å². The van der Waals surface area contributed by atoms with Crippen molar-refractivity contribution in [2.45, 2.75) is 0 Å². The molecule has 0 saturated heterocycles. The molecule has 7 heteroatoms. The first-order chi connectivity index (χ1) is 11.0. The standard InChI is InChI=1S/C16H14F2N2O3/c1-19-15(21)9-3-6-13(14(7-9)23-2)20-16(22)11-5-4-10(17)8-12(11)18/h3-8H,1-2H3,(H,19,21)(H,20,22). The molecule has 120 valence electrons. The molecule has 2 aromatic rings. The van der Waals surface area contributed by atoms with Crippen LogP contribution in [0.4, 0.5) is 14.5 Å². The Hall–Kier alpha value is -2.96. The summed E-state index contributed by atoms with van der Waals surface area (Å²) in [6.45, 7) is 0. The Balaban J connectivity index is 2.28. The lowest BCUT2D eigenvalue weighted by atomic mass is 10.1. The quantitative estimate of drug-likeness (QED) is 0.910. The van der Waals surface area contributed by atoms with Crippen molar-refractivity contribution in [2.24, 2.45) is 0 Å². The van der Waals surface area contributed by atoms with E-state index < -0.39 is 17.5 Å². The van der Waals surface area contributed by atoms with Crippen LogP contribution in [0.25, 0.3) is 0 Å². The number of anilines is 1. The topological polar surface area (TPSA) is 67.4 Å². The first kappa shape index (κ1) is 16.4. The Morgan fingerprint density at radius 3 is 2.39 bits per heavy atom. The Morgan fingerprint density at radius 2 is 1.78 bits per heavy atom. The highest BCUT2D eigenvalue weighted by Crippen LogP contribution is 2.26. The number of nitrogens with one attached hydrogen (secondary N) is 2. The molecule has 0 saturated carbocycles. The van der Waals surface area contributed by atoms with Gasteiger partial charge in [0.15, 0.2) is 0 Å². The predicted molar refractivity (Wildman–Crippen MR) is 80.7 cm³/mol. The van der Waals surface area contributed by atoms with Crippen molar-refractivity contribution >= 4 is 17.5 Å². The third kappa shape index (κ3) is 3.63. The van der Waals surface area contributed by atoms with E-state index >= 15 is 0 Å². The minimum atomic E-state index is -0.969. The molecule has 5 nitrogen and oxygen atoms in total. The molecular weight excluding hydrogens is 306 g/mol. The second-order valence-electron chi connectivity index (χ2n) is 4.57. The second-order valence-corrected chi connectivity index (χ2v) is 4.57. The summed E-state index contributed by atoms with van der Waals surface area (Å²) in [5.41, 5.74) is 0.299. The summed E-state index contributed by atoms with van der Waals surface area (Å²) in [6.07, 6.45) is 0. The van der Waals surface area contributed by atoms with Crippen molar-refractivity contribution in [3.63, 3.8) is 0 Å². The number of amides is 2. The Kier molecular flexibility index (Phi) is 4.90. The maximum atomic E-state index is 13.6. The van der Waals surface area contributed by atoms with Crippen molar-refractivity contribution in [3.05, 3.63) is 59.2 Å².